The van der Waals surface area contributed by atoms with Crippen molar-refractivity contribution in [1.82, 2.24) is 15.2 Å². The zero-order chi connectivity index (χ0) is 18.4. The van der Waals surface area contributed by atoms with E-state index >= 15 is 0 Å². The van der Waals surface area contributed by atoms with Gasteiger partial charge in [0, 0.05) is 11.1 Å². The first-order valence-corrected chi connectivity index (χ1v) is 10.1. The Hall–Kier alpha value is -3.02. The predicted molar refractivity (Wildman–Crippen MR) is 108 cm³/mol. The largest absolute Gasteiger partial charge is 0.424 e. The molecule has 140 valence electrons. The van der Waals surface area contributed by atoms with Gasteiger partial charge in [0.25, 0.3) is 6.01 Å². The molecule has 0 saturated heterocycles. The molecule has 1 aliphatic heterocycles. The summed E-state index contributed by atoms with van der Waals surface area (Å²) >= 11 is 0. The number of rotatable bonds is 1. The molecule has 2 aromatic heterocycles. The highest BCUT2D eigenvalue weighted by Gasteiger charge is 2.54. The van der Waals surface area contributed by atoms with Gasteiger partial charge in [0.2, 0.25) is 0 Å². The molecule has 2 saturated carbocycles. The average molecular weight is 371 g/mol. The van der Waals surface area contributed by atoms with Crippen molar-refractivity contribution in [2.75, 3.05) is 11.1 Å². The molecule has 28 heavy (non-hydrogen) atoms. The smallest absolute Gasteiger partial charge is 0.292 e. The fourth-order valence-corrected chi connectivity index (χ4v) is 6.49. The number of hydrogen-bond acceptors (Lipinski definition) is 5. The molecule has 0 radical (unpaired) electrons. The Balaban J connectivity index is 1.43. The molecule has 6 heteroatoms. The molecular formula is C22H21N5O. The molecule has 3 heterocycles. The van der Waals surface area contributed by atoms with Crippen molar-refractivity contribution in [3.63, 3.8) is 0 Å². The molecule has 0 amide bonds. The summed E-state index contributed by atoms with van der Waals surface area (Å²) < 4.78 is 5.62. The van der Waals surface area contributed by atoms with Crippen LogP contribution in [0.5, 0.6) is 0 Å². The van der Waals surface area contributed by atoms with Gasteiger partial charge < -0.3 is 15.5 Å². The lowest BCUT2D eigenvalue weighted by Gasteiger charge is -2.43. The Morgan fingerprint density at radius 3 is 3.00 bits per heavy atom. The Morgan fingerprint density at radius 2 is 2.04 bits per heavy atom. The van der Waals surface area contributed by atoms with E-state index in [1.54, 1.807) is 0 Å². The van der Waals surface area contributed by atoms with E-state index in [-0.39, 0.29) is 12.1 Å². The first kappa shape index (κ1) is 15.0. The number of anilines is 2. The number of aromatic nitrogens is 3. The quantitative estimate of drug-likeness (QED) is 0.455. The monoisotopic (exact) mass is 371 g/mol. The number of H-pyrrole nitrogens is 1. The van der Waals surface area contributed by atoms with E-state index in [0.29, 0.717) is 11.8 Å². The zero-order valence-corrected chi connectivity index (χ0v) is 15.4. The molecule has 2 fully saturated rings. The fraction of sp³-hybridized carbons (Fsp3) is 0.364. The van der Waals surface area contributed by atoms with E-state index in [0.717, 1.165) is 28.5 Å². The van der Waals surface area contributed by atoms with Crippen molar-refractivity contribution >= 4 is 33.7 Å². The van der Waals surface area contributed by atoms with Crippen LogP contribution in [0.2, 0.25) is 0 Å². The van der Waals surface area contributed by atoms with Crippen molar-refractivity contribution in [3.8, 4) is 0 Å². The standard InChI is InChI=1S/C22H21N5O/c23-22-26-15-4-3-12(8-17(15)28-22)21-19-11-2-1-10(7-11)18(19)20-13-9-24-27-14(13)5-6-16(20)25-21/h3-6,8-11,18-19,21,25H,1-2,7H2,(H2,23,26)(H,24,27). The second-order valence-corrected chi connectivity index (χ2v) is 8.70. The van der Waals surface area contributed by atoms with Crippen LogP contribution in [0.3, 0.4) is 0 Å². The molecule has 2 bridgehead atoms. The van der Waals surface area contributed by atoms with E-state index in [1.165, 1.54) is 41.5 Å². The Morgan fingerprint density at radius 1 is 1.11 bits per heavy atom. The summed E-state index contributed by atoms with van der Waals surface area (Å²) in [7, 11) is 0. The lowest BCUT2D eigenvalue weighted by atomic mass is 9.67. The third-order valence-electron chi connectivity index (χ3n) is 7.46. The molecule has 4 aromatic rings. The SMILES string of the molecule is Nc1nc2ccc(C3Nc4ccc5[nH]ncc5c4C4C5CCC(C5)C34)cc2o1. The van der Waals surface area contributed by atoms with Gasteiger partial charge in [0.05, 0.1) is 17.8 Å². The maximum Gasteiger partial charge on any atom is 0.292 e. The first-order valence-electron chi connectivity index (χ1n) is 10.1. The molecule has 2 aliphatic carbocycles. The Kier molecular flexibility index (Phi) is 2.71. The van der Waals surface area contributed by atoms with Gasteiger partial charge in [-0.3, -0.25) is 5.10 Å². The molecular weight excluding hydrogens is 350 g/mol. The molecule has 3 aliphatic rings. The highest BCUT2D eigenvalue weighted by molar-refractivity contribution is 5.89. The van der Waals surface area contributed by atoms with Crippen LogP contribution in [0.1, 0.15) is 42.3 Å². The third kappa shape index (κ3) is 1.83. The van der Waals surface area contributed by atoms with Gasteiger partial charge in [0.1, 0.15) is 5.52 Å². The van der Waals surface area contributed by atoms with Crippen LogP contribution < -0.4 is 11.1 Å². The zero-order valence-electron chi connectivity index (χ0n) is 15.4. The number of nitrogens with one attached hydrogen (secondary N) is 2. The number of fused-ring (bicyclic) bond motifs is 10. The first-order chi connectivity index (χ1) is 13.8. The molecule has 0 spiro atoms. The highest BCUT2D eigenvalue weighted by Crippen LogP contribution is 2.64. The van der Waals surface area contributed by atoms with Crippen molar-refractivity contribution in [1.29, 1.82) is 0 Å². The minimum Gasteiger partial charge on any atom is -0.424 e. The summed E-state index contributed by atoms with van der Waals surface area (Å²) in [6.45, 7) is 0. The van der Waals surface area contributed by atoms with Gasteiger partial charge in [-0.1, -0.05) is 6.07 Å². The Labute approximate surface area is 161 Å². The molecule has 7 rings (SSSR count). The van der Waals surface area contributed by atoms with Gasteiger partial charge >= 0.3 is 0 Å². The van der Waals surface area contributed by atoms with Crippen LogP contribution in [-0.4, -0.2) is 15.2 Å². The fourth-order valence-electron chi connectivity index (χ4n) is 6.49. The minimum atomic E-state index is 0.231. The van der Waals surface area contributed by atoms with E-state index in [1.807, 2.05) is 12.3 Å². The van der Waals surface area contributed by atoms with Crippen LogP contribution in [0.25, 0.3) is 22.0 Å². The predicted octanol–water partition coefficient (Wildman–Crippen LogP) is 4.58. The Bertz CT molecular complexity index is 1240. The van der Waals surface area contributed by atoms with Gasteiger partial charge in [-0.25, -0.2) is 0 Å². The normalized spacial score (nSPS) is 30.5. The van der Waals surface area contributed by atoms with E-state index < -0.39 is 0 Å². The third-order valence-corrected chi connectivity index (χ3v) is 7.46. The number of nitrogens with zero attached hydrogens (tertiary/aromatic N) is 2. The van der Waals surface area contributed by atoms with E-state index in [4.69, 9.17) is 10.2 Å². The topological polar surface area (TPSA) is 92.8 Å². The summed E-state index contributed by atoms with van der Waals surface area (Å²) in [5.74, 6) is 2.75. The van der Waals surface area contributed by atoms with Gasteiger partial charge in [-0.15, -0.1) is 0 Å². The van der Waals surface area contributed by atoms with E-state index in [9.17, 15) is 0 Å². The van der Waals surface area contributed by atoms with Crippen molar-refractivity contribution in [2.45, 2.75) is 31.2 Å². The lowest BCUT2D eigenvalue weighted by Crippen LogP contribution is -2.35. The number of nitrogen functional groups attached to an aromatic ring is 1. The second kappa shape index (κ2) is 5.07. The number of nitrogens with two attached hydrogens (primary N) is 1. The van der Waals surface area contributed by atoms with E-state index in [2.05, 4.69) is 44.8 Å². The maximum atomic E-state index is 5.76. The lowest BCUT2D eigenvalue weighted by molar-refractivity contribution is 0.249. The molecule has 6 nitrogen and oxygen atoms in total. The van der Waals surface area contributed by atoms with Crippen LogP contribution >= 0.6 is 0 Å². The maximum absolute atomic E-state index is 5.76. The molecule has 2 aromatic carbocycles. The summed E-state index contributed by atoms with van der Waals surface area (Å²) in [5, 5.41) is 12.6. The molecule has 5 unspecified atom stereocenters. The second-order valence-electron chi connectivity index (χ2n) is 8.70. The van der Waals surface area contributed by atoms with Gasteiger partial charge in [-0.05, 0) is 78.3 Å². The number of benzene rings is 2. The summed E-state index contributed by atoms with van der Waals surface area (Å²) in [6.07, 6.45) is 6.05. The van der Waals surface area contributed by atoms with Crippen molar-refractivity contribution in [2.24, 2.45) is 17.8 Å². The van der Waals surface area contributed by atoms with Crippen LogP contribution in [0, 0.1) is 17.8 Å². The number of oxazole rings is 1. The van der Waals surface area contributed by atoms with Crippen LogP contribution in [0.4, 0.5) is 11.7 Å². The highest BCUT2D eigenvalue weighted by atomic mass is 16.4. The van der Waals surface area contributed by atoms with Crippen molar-refractivity contribution < 1.29 is 4.42 Å². The summed E-state index contributed by atoms with van der Waals surface area (Å²) in [5.41, 5.74) is 12.5. The van der Waals surface area contributed by atoms with Gasteiger partial charge in [0.15, 0.2) is 5.58 Å². The number of aromatic amines is 1. The average Bonchev–Trinajstić information content (AvgIpc) is 3.48. The number of hydrogen-bond donors (Lipinski definition) is 3. The van der Waals surface area contributed by atoms with Crippen LogP contribution in [-0.2, 0) is 0 Å². The van der Waals surface area contributed by atoms with Gasteiger partial charge in [-0.2, -0.15) is 10.1 Å². The minimum absolute atomic E-state index is 0.231. The van der Waals surface area contributed by atoms with Crippen molar-refractivity contribution in [3.05, 3.63) is 47.7 Å². The van der Waals surface area contributed by atoms with Crippen LogP contribution in [0.15, 0.2) is 40.9 Å². The molecule has 4 N–H and O–H groups in total. The summed E-state index contributed by atoms with van der Waals surface area (Å²) in [6, 6.07) is 11.2. The molecule has 5 atom stereocenters. The summed E-state index contributed by atoms with van der Waals surface area (Å²) in [4.78, 5) is 4.25.